The largest absolute Gasteiger partial charge is 0.457 e. The molecule has 0 atom stereocenters. The van der Waals surface area contributed by atoms with Crippen LogP contribution in [0.2, 0.25) is 0 Å². The summed E-state index contributed by atoms with van der Waals surface area (Å²) in [5.74, 6) is 1.93. The number of hydrogen-bond acceptors (Lipinski definition) is 2. The Hall–Kier alpha value is -9.44. The summed E-state index contributed by atoms with van der Waals surface area (Å²) in [6.07, 6.45) is 7.97. The van der Waals surface area contributed by atoms with Crippen LogP contribution in [0.4, 0.5) is 0 Å². The smallest absolute Gasteiger partial charge is 0.135 e. The van der Waals surface area contributed by atoms with Crippen molar-refractivity contribution < 1.29 is 8.83 Å². The first-order valence-electron chi connectivity index (χ1n) is 25.8. The van der Waals surface area contributed by atoms with Crippen LogP contribution in [0.15, 0.2) is 258 Å². The Bertz CT molecular complexity index is 4240. The molecule has 0 amide bonds. The van der Waals surface area contributed by atoms with Gasteiger partial charge in [-0.15, -0.1) is 0 Å². The maximum absolute atomic E-state index is 6.32. The number of rotatable bonds is 9. The lowest BCUT2D eigenvalue weighted by Gasteiger charge is -2.12. The lowest BCUT2D eigenvalue weighted by Crippen LogP contribution is -1.94. The highest BCUT2D eigenvalue weighted by Gasteiger charge is 2.16. The lowest BCUT2D eigenvalue weighted by atomic mass is 9.95. The molecule has 10 aromatic carbocycles. The Labute approximate surface area is 438 Å². The molecular weight excluding hydrogens is 911 g/mol. The zero-order chi connectivity index (χ0) is 50.8. The second-order valence-corrected chi connectivity index (χ2v) is 19.2. The lowest BCUT2D eigenvalue weighted by molar-refractivity contribution is 0.543. The Balaban J connectivity index is 0.000000385. The molecule has 13 aromatic rings. The molecule has 0 aliphatic rings. The molecule has 0 fully saturated rings. The average Bonchev–Trinajstić information content (AvgIpc) is 4.12. The van der Waals surface area contributed by atoms with E-state index >= 15 is 0 Å². The predicted molar refractivity (Wildman–Crippen MR) is 318 cm³/mol. The molecule has 75 heavy (non-hydrogen) atoms. The number of benzene rings is 10. The quantitative estimate of drug-likeness (QED) is 0.144. The van der Waals surface area contributed by atoms with Gasteiger partial charge in [0.1, 0.15) is 22.7 Å². The molecule has 0 saturated carbocycles. The summed E-state index contributed by atoms with van der Waals surface area (Å²) in [6.45, 7) is 8.15. The van der Waals surface area contributed by atoms with Gasteiger partial charge in [-0.2, -0.15) is 0 Å². The SMILES string of the molecule is C/C=C\c1oc(/C=C\C)c(C)c1C.c1ccc(-c2cccc(-c3cccc(-c4cccc(-c5cccc(-n6c7ccccc7c7cc(-c8ccc9oc%10ccc(-c%11ccccc%11)cc%10c9c8)ccc76)c5)c4)c3)c2)cc1. The number of fused-ring (bicyclic) bond motifs is 6. The van der Waals surface area contributed by atoms with Crippen LogP contribution in [0.5, 0.6) is 0 Å². The minimum atomic E-state index is 0.899. The predicted octanol–water partition coefficient (Wildman–Crippen LogP) is 20.6. The zero-order valence-electron chi connectivity index (χ0n) is 42.6. The van der Waals surface area contributed by atoms with Crippen molar-refractivity contribution in [1.82, 2.24) is 4.57 Å². The van der Waals surface area contributed by atoms with Gasteiger partial charge in [-0.3, -0.25) is 0 Å². The Morgan fingerprint density at radius 1 is 0.293 bits per heavy atom. The van der Waals surface area contributed by atoms with Gasteiger partial charge >= 0.3 is 0 Å². The minimum absolute atomic E-state index is 0.899. The molecule has 13 rings (SSSR count). The number of allylic oxidation sites excluding steroid dienone is 2. The van der Waals surface area contributed by atoms with Gasteiger partial charge in [0, 0.05) is 27.2 Å². The third-order valence-electron chi connectivity index (χ3n) is 14.5. The molecule has 3 heterocycles. The highest BCUT2D eigenvalue weighted by atomic mass is 16.3. The first-order valence-corrected chi connectivity index (χ1v) is 25.8. The zero-order valence-corrected chi connectivity index (χ0v) is 42.6. The summed E-state index contributed by atoms with van der Waals surface area (Å²) in [7, 11) is 0. The molecule has 0 saturated heterocycles. The molecule has 0 aliphatic heterocycles. The fourth-order valence-electron chi connectivity index (χ4n) is 10.5. The molecule has 0 bridgehead atoms. The number of para-hydroxylation sites is 1. The summed E-state index contributed by atoms with van der Waals surface area (Å²) in [5.41, 5.74) is 22.1. The molecule has 0 unspecified atom stereocenters. The summed E-state index contributed by atoms with van der Waals surface area (Å²) < 4.78 is 14.4. The van der Waals surface area contributed by atoms with E-state index < -0.39 is 0 Å². The maximum Gasteiger partial charge on any atom is 0.135 e. The summed E-state index contributed by atoms with van der Waals surface area (Å²) >= 11 is 0. The van der Waals surface area contributed by atoms with Crippen LogP contribution >= 0.6 is 0 Å². The molecule has 0 N–H and O–H groups in total. The van der Waals surface area contributed by atoms with Crippen LogP contribution < -0.4 is 0 Å². The third-order valence-corrected chi connectivity index (χ3v) is 14.5. The number of hydrogen-bond donors (Lipinski definition) is 0. The van der Waals surface area contributed by atoms with Gasteiger partial charge < -0.3 is 13.4 Å². The van der Waals surface area contributed by atoms with E-state index in [1.807, 2.05) is 38.2 Å². The number of furan rings is 2. The number of aromatic nitrogens is 1. The summed E-state index contributed by atoms with van der Waals surface area (Å²) in [4.78, 5) is 0. The second-order valence-electron chi connectivity index (χ2n) is 19.2. The highest BCUT2D eigenvalue weighted by molar-refractivity contribution is 6.12. The molecule has 3 nitrogen and oxygen atoms in total. The van der Waals surface area contributed by atoms with Crippen molar-refractivity contribution in [2.24, 2.45) is 0 Å². The minimum Gasteiger partial charge on any atom is -0.457 e. The molecule has 0 aliphatic carbocycles. The van der Waals surface area contributed by atoms with Gasteiger partial charge in [-0.1, -0.05) is 176 Å². The maximum atomic E-state index is 6.32. The van der Waals surface area contributed by atoms with Crippen molar-refractivity contribution >= 4 is 55.9 Å². The molecular formula is C72H55NO2. The van der Waals surface area contributed by atoms with Crippen molar-refractivity contribution in [3.05, 3.63) is 271 Å². The second kappa shape index (κ2) is 20.2. The van der Waals surface area contributed by atoms with E-state index in [-0.39, 0.29) is 0 Å². The van der Waals surface area contributed by atoms with Crippen molar-refractivity contribution in [2.45, 2.75) is 27.7 Å². The fourth-order valence-corrected chi connectivity index (χ4v) is 10.5. The Morgan fingerprint density at radius 2 is 0.667 bits per heavy atom. The molecule has 3 aromatic heterocycles. The van der Waals surface area contributed by atoms with Gasteiger partial charge in [0.2, 0.25) is 0 Å². The van der Waals surface area contributed by atoms with E-state index in [0.717, 1.165) is 44.7 Å². The van der Waals surface area contributed by atoms with E-state index in [0.29, 0.717) is 0 Å². The van der Waals surface area contributed by atoms with E-state index in [1.54, 1.807) is 0 Å². The molecule has 360 valence electrons. The Kier molecular flexibility index (Phi) is 12.6. The van der Waals surface area contributed by atoms with Gasteiger partial charge in [0.15, 0.2) is 0 Å². The van der Waals surface area contributed by atoms with Crippen molar-refractivity contribution in [3.8, 4) is 72.4 Å². The van der Waals surface area contributed by atoms with Crippen LogP contribution in [0.25, 0.3) is 128 Å². The van der Waals surface area contributed by atoms with Crippen LogP contribution in [-0.2, 0) is 0 Å². The highest BCUT2D eigenvalue weighted by Crippen LogP contribution is 2.40. The van der Waals surface area contributed by atoms with E-state index in [4.69, 9.17) is 8.83 Å². The monoisotopic (exact) mass is 965 g/mol. The topological polar surface area (TPSA) is 31.2 Å². The van der Waals surface area contributed by atoms with Crippen molar-refractivity contribution in [2.75, 3.05) is 0 Å². The molecule has 3 heteroatoms. The van der Waals surface area contributed by atoms with Gasteiger partial charge in [0.05, 0.1) is 11.0 Å². The van der Waals surface area contributed by atoms with E-state index in [2.05, 4.69) is 255 Å². The van der Waals surface area contributed by atoms with Crippen LogP contribution in [0.3, 0.4) is 0 Å². The summed E-state index contributed by atoms with van der Waals surface area (Å²) in [5, 5.41) is 4.71. The molecule has 0 spiro atoms. The standard InChI is InChI=1S/C60H39NO.C12H16O/c1-3-13-40(14-4-1)42-17-9-18-43(33-42)44-19-10-20-45(34-44)46-21-11-22-47(35-46)48-23-12-24-52(36-48)61-57-26-8-7-25-53(57)54-37-50(27-30-58(54)61)51-29-32-60-56(39-51)55-38-49(28-31-59(55)62-60)41-15-5-2-6-16-41;1-5-7-11-9(3)10(4)12(13-11)8-6-2/h1-39H;5-8H,1-4H3/b;7-5-,8-6-. The van der Waals surface area contributed by atoms with Crippen LogP contribution in [0.1, 0.15) is 36.5 Å². The van der Waals surface area contributed by atoms with Crippen molar-refractivity contribution in [1.29, 1.82) is 0 Å². The summed E-state index contributed by atoms with van der Waals surface area (Å²) in [6, 6.07) is 85.4. The van der Waals surface area contributed by atoms with E-state index in [1.165, 1.54) is 94.1 Å². The average molecular weight is 966 g/mol. The third kappa shape index (κ3) is 9.11. The van der Waals surface area contributed by atoms with Gasteiger partial charge in [-0.25, -0.2) is 0 Å². The van der Waals surface area contributed by atoms with Gasteiger partial charge in [-0.05, 0) is 191 Å². The normalized spacial score (nSPS) is 11.6. The Morgan fingerprint density at radius 3 is 1.17 bits per heavy atom. The van der Waals surface area contributed by atoms with Crippen molar-refractivity contribution in [3.63, 3.8) is 0 Å². The fraction of sp³-hybridized carbons (Fsp3) is 0.0556. The first kappa shape index (κ1) is 46.6. The van der Waals surface area contributed by atoms with E-state index in [9.17, 15) is 0 Å². The van der Waals surface area contributed by atoms with Crippen LogP contribution in [0, 0.1) is 13.8 Å². The van der Waals surface area contributed by atoms with Gasteiger partial charge in [0.25, 0.3) is 0 Å². The molecule has 0 radical (unpaired) electrons. The number of nitrogens with zero attached hydrogens (tertiary/aromatic N) is 1. The first-order chi connectivity index (χ1) is 36.9. The van der Waals surface area contributed by atoms with Crippen LogP contribution in [-0.4, -0.2) is 4.57 Å².